The third-order valence-corrected chi connectivity index (χ3v) is 2.50. The Labute approximate surface area is 105 Å². The normalized spacial score (nSPS) is 9.89. The highest BCUT2D eigenvalue weighted by molar-refractivity contribution is 6.07. The van der Waals surface area contributed by atoms with E-state index in [4.69, 9.17) is 0 Å². The number of hydrogen-bond donors (Lipinski definition) is 2. The number of aromatic nitrogens is 2. The molecule has 1 aromatic heterocycles. The largest absolute Gasteiger partial charge is 0.387 e. The number of carbonyl (C=O) groups is 1. The van der Waals surface area contributed by atoms with Gasteiger partial charge in [0, 0.05) is 18.9 Å². The summed E-state index contributed by atoms with van der Waals surface area (Å²) in [7, 11) is 1.79. The minimum absolute atomic E-state index is 0.208. The Morgan fingerprint density at radius 3 is 2.78 bits per heavy atom. The van der Waals surface area contributed by atoms with Gasteiger partial charge in [-0.3, -0.25) is 4.79 Å². The first-order valence-electron chi connectivity index (χ1n) is 5.58. The fraction of sp³-hybridized carbons (Fsp3) is 0.154. The van der Waals surface area contributed by atoms with Crippen LogP contribution in [0.2, 0.25) is 0 Å². The van der Waals surface area contributed by atoms with Gasteiger partial charge in [-0.15, -0.1) is 5.10 Å². The molecule has 1 amide bonds. The summed E-state index contributed by atoms with van der Waals surface area (Å²) in [6.45, 7) is 1.98. The average molecular weight is 242 g/mol. The van der Waals surface area contributed by atoms with Crippen molar-refractivity contribution in [2.24, 2.45) is 0 Å². The number of hydrogen-bond acceptors (Lipinski definition) is 4. The van der Waals surface area contributed by atoms with Gasteiger partial charge >= 0.3 is 0 Å². The fourth-order valence-electron chi connectivity index (χ4n) is 1.61. The number of benzene rings is 1. The Morgan fingerprint density at radius 1 is 1.28 bits per heavy atom. The number of aryl methyl sites for hydroxylation is 1. The molecule has 2 N–H and O–H groups in total. The first kappa shape index (κ1) is 12.0. The Morgan fingerprint density at radius 2 is 2.11 bits per heavy atom. The lowest BCUT2D eigenvalue weighted by Crippen LogP contribution is -2.15. The standard InChI is InChI=1S/C13H14N4O/c1-9-5-6-10(11(8-9)14-2)13(18)16-12-4-3-7-15-17-12/h3-8,14H,1-2H3,(H,16,17,18). The molecule has 2 rings (SSSR count). The van der Waals surface area contributed by atoms with E-state index in [1.54, 1.807) is 31.4 Å². The molecular formula is C13H14N4O. The van der Waals surface area contributed by atoms with Crippen LogP contribution in [0.4, 0.5) is 11.5 Å². The highest BCUT2D eigenvalue weighted by Crippen LogP contribution is 2.18. The van der Waals surface area contributed by atoms with Crippen molar-refractivity contribution >= 4 is 17.4 Å². The number of carbonyl (C=O) groups excluding carboxylic acids is 1. The average Bonchev–Trinajstić information content (AvgIpc) is 2.39. The molecule has 0 spiro atoms. The second-order valence-electron chi connectivity index (χ2n) is 3.86. The van der Waals surface area contributed by atoms with E-state index in [1.165, 1.54) is 0 Å². The summed E-state index contributed by atoms with van der Waals surface area (Å²) in [6.07, 6.45) is 1.56. The van der Waals surface area contributed by atoms with E-state index in [1.807, 2.05) is 19.1 Å². The topological polar surface area (TPSA) is 66.9 Å². The van der Waals surface area contributed by atoms with E-state index in [2.05, 4.69) is 20.8 Å². The SMILES string of the molecule is CNc1cc(C)ccc1C(=O)Nc1cccnn1. The van der Waals surface area contributed by atoms with Gasteiger partial charge in [0.1, 0.15) is 0 Å². The van der Waals surface area contributed by atoms with E-state index in [0.29, 0.717) is 11.4 Å². The van der Waals surface area contributed by atoms with Gasteiger partial charge in [-0.2, -0.15) is 5.10 Å². The quantitative estimate of drug-likeness (QED) is 0.864. The summed E-state index contributed by atoms with van der Waals surface area (Å²) in [5.41, 5.74) is 2.46. The van der Waals surface area contributed by atoms with Crippen molar-refractivity contribution in [2.75, 3.05) is 17.7 Å². The minimum atomic E-state index is -0.208. The lowest BCUT2D eigenvalue weighted by atomic mass is 10.1. The summed E-state index contributed by atoms with van der Waals surface area (Å²) >= 11 is 0. The molecule has 0 radical (unpaired) electrons. The maximum Gasteiger partial charge on any atom is 0.258 e. The summed E-state index contributed by atoms with van der Waals surface area (Å²) in [4.78, 5) is 12.1. The zero-order valence-corrected chi connectivity index (χ0v) is 10.3. The second kappa shape index (κ2) is 5.27. The molecule has 2 aromatic rings. The lowest BCUT2D eigenvalue weighted by molar-refractivity contribution is 0.102. The van der Waals surface area contributed by atoms with Crippen molar-refractivity contribution in [3.05, 3.63) is 47.7 Å². The Balaban J connectivity index is 2.24. The van der Waals surface area contributed by atoms with Crippen LogP contribution in [0, 0.1) is 6.92 Å². The Bertz CT molecular complexity index is 554. The maximum atomic E-state index is 12.1. The summed E-state index contributed by atoms with van der Waals surface area (Å²) < 4.78 is 0. The van der Waals surface area contributed by atoms with E-state index in [9.17, 15) is 4.79 Å². The number of amides is 1. The van der Waals surface area contributed by atoms with Crippen LogP contribution < -0.4 is 10.6 Å². The van der Waals surface area contributed by atoms with Crippen LogP contribution >= 0.6 is 0 Å². The second-order valence-corrected chi connectivity index (χ2v) is 3.86. The van der Waals surface area contributed by atoms with Crippen molar-refractivity contribution in [3.63, 3.8) is 0 Å². The first-order valence-corrected chi connectivity index (χ1v) is 5.58. The molecule has 0 aliphatic rings. The van der Waals surface area contributed by atoms with Gasteiger partial charge in [-0.05, 0) is 36.8 Å². The van der Waals surface area contributed by atoms with Crippen LogP contribution in [0.15, 0.2) is 36.5 Å². The fourth-order valence-corrected chi connectivity index (χ4v) is 1.61. The summed E-state index contributed by atoms with van der Waals surface area (Å²) in [5, 5.41) is 13.2. The predicted octanol–water partition coefficient (Wildman–Crippen LogP) is 2.08. The van der Waals surface area contributed by atoms with E-state index >= 15 is 0 Å². The van der Waals surface area contributed by atoms with Crippen LogP contribution in [0.1, 0.15) is 15.9 Å². The first-order chi connectivity index (χ1) is 8.70. The molecule has 92 valence electrons. The van der Waals surface area contributed by atoms with Crippen molar-refractivity contribution in [1.82, 2.24) is 10.2 Å². The van der Waals surface area contributed by atoms with Crippen molar-refractivity contribution in [3.8, 4) is 0 Å². The smallest absolute Gasteiger partial charge is 0.258 e. The number of nitrogens with zero attached hydrogens (tertiary/aromatic N) is 2. The third kappa shape index (κ3) is 2.63. The third-order valence-electron chi connectivity index (χ3n) is 2.50. The monoisotopic (exact) mass is 242 g/mol. The van der Waals surface area contributed by atoms with Gasteiger partial charge in [-0.1, -0.05) is 6.07 Å². The Hall–Kier alpha value is -2.43. The van der Waals surface area contributed by atoms with Crippen molar-refractivity contribution in [1.29, 1.82) is 0 Å². The molecule has 18 heavy (non-hydrogen) atoms. The molecule has 0 bridgehead atoms. The molecule has 0 aliphatic carbocycles. The number of rotatable bonds is 3. The summed E-state index contributed by atoms with van der Waals surface area (Å²) in [6, 6.07) is 9.01. The van der Waals surface area contributed by atoms with Gasteiger partial charge in [0.2, 0.25) is 0 Å². The highest BCUT2D eigenvalue weighted by atomic mass is 16.1. The zero-order chi connectivity index (χ0) is 13.0. The number of nitrogens with one attached hydrogen (secondary N) is 2. The van der Waals surface area contributed by atoms with Gasteiger partial charge in [0.05, 0.1) is 5.56 Å². The van der Waals surface area contributed by atoms with Crippen LogP contribution in [0.5, 0.6) is 0 Å². The lowest BCUT2D eigenvalue weighted by Gasteiger charge is -2.09. The predicted molar refractivity (Wildman–Crippen MR) is 70.7 cm³/mol. The Kier molecular flexibility index (Phi) is 3.52. The molecule has 5 heteroatoms. The molecule has 0 unspecified atom stereocenters. The van der Waals surface area contributed by atoms with Gasteiger partial charge in [0.15, 0.2) is 5.82 Å². The minimum Gasteiger partial charge on any atom is -0.387 e. The van der Waals surface area contributed by atoms with Crippen molar-refractivity contribution in [2.45, 2.75) is 6.92 Å². The molecular weight excluding hydrogens is 228 g/mol. The van der Waals surface area contributed by atoms with E-state index < -0.39 is 0 Å². The van der Waals surface area contributed by atoms with Crippen LogP contribution in [-0.2, 0) is 0 Å². The zero-order valence-electron chi connectivity index (χ0n) is 10.3. The molecule has 0 fully saturated rings. The van der Waals surface area contributed by atoms with Gasteiger partial charge < -0.3 is 10.6 Å². The maximum absolute atomic E-state index is 12.1. The van der Waals surface area contributed by atoms with E-state index in [0.717, 1.165) is 11.3 Å². The molecule has 1 aromatic carbocycles. The molecule has 0 saturated heterocycles. The number of anilines is 2. The van der Waals surface area contributed by atoms with Gasteiger partial charge in [0.25, 0.3) is 5.91 Å². The molecule has 0 aliphatic heterocycles. The van der Waals surface area contributed by atoms with Crippen molar-refractivity contribution < 1.29 is 4.79 Å². The molecule has 0 saturated carbocycles. The molecule has 1 heterocycles. The van der Waals surface area contributed by atoms with E-state index in [-0.39, 0.29) is 5.91 Å². The van der Waals surface area contributed by atoms with Gasteiger partial charge in [-0.25, -0.2) is 0 Å². The van der Waals surface area contributed by atoms with Crippen LogP contribution in [0.25, 0.3) is 0 Å². The highest BCUT2D eigenvalue weighted by Gasteiger charge is 2.11. The molecule has 5 nitrogen and oxygen atoms in total. The molecule has 0 atom stereocenters. The summed E-state index contributed by atoms with van der Waals surface area (Å²) in [5.74, 6) is 0.227. The van der Waals surface area contributed by atoms with Crippen LogP contribution in [0.3, 0.4) is 0 Å². The van der Waals surface area contributed by atoms with Crippen LogP contribution in [-0.4, -0.2) is 23.2 Å².